The summed E-state index contributed by atoms with van der Waals surface area (Å²) in [6.07, 6.45) is 9.44. The van der Waals surface area contributed by atoms with Gasteiger partial charge in [0.2, 0.25) is 5.91 Å². The molecule has 1 amide bonds. The fourth-order valence-corrected chi connectivity index (χ4v) is 4.68. The van der Waals surface area contributed by atoms with Gasteiger partial charge in [-0.1, -0.05) is 67.1 Å². The van der Waals surface area contributed by atoms with Crippen LogP contribution in [0.15, 0.2) is 61.1 Å². The Morgan fingerprint density at radius 3 is 2.57 bits per heavy atom. The Balaban J connectivity index is 1.40. The number of nitrogens with zero attached hydrogens (tertiary/aromatic N) is 3. The molecule has 9 nitrogen and oxygen atoms in total. The van der Waals surface area contributed by atoms with Gasteiger partial charge in [0.05, 0.1) is 11.8 Å². The number of anilines is 1. The maximum atomic E-state index is 13.2. The molecule has 1 N–H and O–H groups in total. The standard InChI is InChI=1S/C25H28N4O5S/c30-24(22(12-18-6-4-5-7-18)29-15-20(13-27-29)17-35(32)33)28-23-11-10-21(14-26-23)25(31)34-16-19-8-2-1-3-9-19/h1-3,8-11,13-15,18,22H,4-7,12,16-17H2,(H,32,33)(H,26,28,30)/p-1/t22-/m0/s1. The zero-order valence-corrected chi connectivity index (χ0v) is 20.0. The number of pyridine rings is 1. The molecular weight excluding hydrogens is 468 g/mol. The number of rotatable bonds is 10. The Hall–Kier alpha value is -3.37. The molecule has 3 aromatic rings. The quantitative estimate of drug-likeness (QED) is 0.335. The summed E-state index contributed by atoms with van der Waals surface area (Å²) in [5.74, 6) is -0.234. The highest BCUT2D eigenvalue weighted by molar-refractivity contribution is 7.78. The van der Waals surface area contributed by atoms with Crippen LogP contribution < -0.4 is 5.32 Å². The first-order valence-corrected chi connectivity index (χ1v) is 12.8. The van der Waals surface area contributed by atoms with E-state index in [1.54, 1.807) is 18.3 Å². The van der Waals surface area contributed by atoms with Crippen LogP contribution in [-0.4, -0.2) is 35.4 Å². The van der Waals surface area contributed by atoms with Crippen LogP contribution in [0, 0.1) is 5.92 Å². The summed E-state index contributed by atoms with van der Waals surface area (Å²) in [6.45, 7) is 0.160. The van der Waals surface area contributed by atoms with Crippen molar-refractivity contribution in [3.05, 3.63) is 77.7 Å². The van der Waals surface area contributed by atoms with Gasteiger partial charge >= 0.3 is 5.97 Å². The van der Waals surface area contributed by atoms with Crippen LogP contribution in [0.5, 0.6) is 0 Å². The number of nitrogens with one attached hydrogen (secondary N) is 1. The number of benzene rings is 1. The Labute approximate surface area is 206 Å². The normalized spacial score (nSPS) is 15.5. The average molecular weight is 496 g/mol. The molecule has 0 spiro atoms. The first-order chi connectivity index (χ1) is 17.0. The summed E-state index contributed by atoms with van der Waals surface area (Å²) >= 11 is -2.23. The summed E-state index contributed by atoms with van der Waals surface area (Å²) in [7, 11) is 0. The molecule has 1 unspecified atom stereocenters. The molecule has 0 radical (unpaired) electrons. The number of carbonyl (C=O) groups excluding carboxylic acids is 2. The molecule has 1 aliphatic carbocycles. The lowest BCUT2D eigenvalue weighted by atomic mass is 9.98. The fraction of sp³-hybridized carbons (Fsp3) is 0.360. The van der Waals surface area contributed by atoms with Gasteiger partial charge in [-0.05, 0) is 30.0 Å². The molecule has 184 valence electrons. The topological polar surface area (TPSA) is 126 Å². The maximum absolute atomic E-state index is 13.2. The van der Waals surface area contributed by atoms with E-state index in [1.807, 2.05) is 30.3 Å². The molecule has 1 aliphatic rings. The van der Waals surface area contributed by atoms with Crippen molar-refractivity contribution in [1.82, 2.24) is 14.8 Å². The summed E-state index contributed by atoms with van der Waals surface area (Å²) in [5.41, 5.74) is 1.69. The second-order valence-corrected chi connectivity index (χ2v) is 9.56. The molecule has 2 aromatic heterocycles. The van der Waals surface area contributed by atoms with Gasteiger partial charge in [0, 0.05) is 23.7 Å². The van der Waals surface area contributed by atoms with Crippen molar-refractivity contribution in [1.29, 1.82) is 0 Å². The van der Waals surface area contributed by atoms with Crippen molar-refractivity contribution in [2.45, 2.75) is 50.5 Å². The number of carbonyl (C=O) groups is 2. The van der Waals surface area contributed by atoms with Gasteiger partial charge in [-0.15, -0.1) is 0 Å². The Morgan fingerprint density at radius 1 is 1.11 bits per heavy atom. The summed E-state index contributed by atoms with van der Waals surface area (Å²) in [4.78, 5) is 29.7. The third-order valence-electron chi connectivity index (χ3n) is 6.06. The van der Waals surface area contributed by atoms with Crippen LogP contribution in [0.25, 0.3) is 0 Å². The van der Waals surface area contributed by atoms with E-state index >= 15 is 0 Å². The highest BCUT2D eigenvalue weighted by Crippen LogP contribution is 2.32. The Morgan fingerprint density at radius 2 is 1.89 bits per heavy atom. The maximum Gasteiger partial charge on any atom is 0.340 e. The minimum absolute atomic E-state index is 0.152. The van der Waals surface area contributed by atoms with E-state index in [9.17, 15) is 18.4 Å². The van der Waals surface area contributed by atoms with E-state index in [0.29, 0.717) is 23.7 Å². The van der Waals surface area contributed by atoms with Crippen LogP contribution in [0.2, 0.25) is 0 Å². The molecule has 0 saturated heterocycles. The van der Waals surface area contributed by atoms with Gasteiger partial charge in [0.1, 0.15) is 18.5 Å². The van der Waals surface area contributed by atoms with Crippen molar-refractivity contribution < 1.29 is 23.1 Å². The summed E-state index contributed by atoms with van der Waals surface area (Å²) in [6, 6.07) is 11.9. The molecule has 10 heteroatoms. The molecule has 1 fully saturated rings. The zero-order valence-electron chi connectivity index (χ0n) is 19.2. The van der Waals surface area contributed by atoms with Gasteiger partial charge in [-0.2, -0.15) is 5.10 Å². The largest absolute Gasteiger partial charge is 0.772 e. The number of ether oxygens (including phenoxy) is 1. The van der Waals surface area contributed by atoms with Crippen LogP contribution in [-0.2, 0) is 33.0 Å². The van der Waals surface area contributed by atoms with Gasteiger partial charge in [0.15, 0.2) is 0 Å². The van der Waals surface area contributed by atoms with E-state index in [0.717, 1.165) is 31.2 Å². The third-order valence-corrected chi connectivity index (χ3v) is 6.63. The molecule has 35 heavy (non-hydrogen) atoms. The zero-order chi connectivity index (χ0) is 24.6. The SMILES string of the molecule is O=C(OCc1ccccc1)c1ccc(NC(=O)[C@H](CC2CCCC2)n2cc(CS(=O)[O-])cn2)nc1. The van der Waals surface area contributed by atoms with Crippen molar-refractivity contribution in [3.8, 4) is 0 Å². The second-order valence-electron chi connectivity index (χ2n) is 8.66. The van der Waals surface area contributed by atoms with E-state index in [2.05, 4.69) is 15.4 Å². The minimum Gasteiger partial charge on any atom is -0.772 e. The van der Waals surface area contributed by atoms with E-state index in [4.69, 9.17) is 4.74 Å². The van der Waals surface area contributed by atoms with E-state index in [1.165, 1.54) is 17.1 Å². The first-order valence-electron chi connectivity index (χ1n) is 11.5. The van der Waals surface area contributed by atoms with Crippen LogP contribution >= 0.6 is 0 Å². The Bertz CT molecular complexity index is 1160. The number of esters is 1. The molecule has 4 rings (SSSR count). The Kier molecular flexibility index (Phi) is 8.38. The summed E-state index contributed by atoms with van der Waals surface area (Å²) in [5, 5.41) is 7.06. The predicted molar refractivity (Wildman–Crippen MR) is 129 cm³/mol. The van der Waals surface area contributed by atoms with Crippen LogP contribution in [0.1, 0.15) is 59.6 Å². The van der Waals surface area contributed by atoms with Gasteiger partial charge in [0.25, 0.3) is 0 Å². The second kappa shape index (κ2) is 11.9. The fourth-order valence-electron chi connectivity index (χ4n) is 4.26. The predicted octanol–water partition coefficient (Wildman–Crippen LogP) is 3.77. The molecule has 2 atom stereocenters. The smallest absolute Gasteiger partial charge is 0.340 e. The number of aromatic nitrogens is 3. The van der Waals surface area contributed by atoms with Crippen molar-refractivity contribution >= 4 is 28.8 Å². The highest BCUT2D eigenvalue weighted by atomic mass is 32.2. The lowest BCUT2D eigenvalue weighted by Crippen LogP contribution is -2.28. The molecule has 2 heterocycles. The molecular formula is C25H27N4O5S-. The lowest BCUT2D eigenvalue weighted by molar-refractivity contribution is -0.120. The number of hydrogen-bond acceptors (Lipinski definition) is 7. The monoisotopic (exact) mass is 495 g/mol. The lowest BCUT2D eigenvalue weighted by Gasteiger charge is -2.20. The van der Waals surface area contributed by atoms with Gasteiger partial charge in [-0.3, -0.25) is 13.7 Å². The van der Waals surface area contributed by atoms with E-state index in [-0.39, 0.29) is 23.8 Å². The number of amides is 1. The highest BCUT2D eigenvalue weighted by Gasteiger charge is 2.28. The third kappa shape index (κ3) is 7.06. The van der Waals surface area contributed by atoms with E-state index < -0.39 is 23.1 Å². The number of hydrogen-bond donors (Lipinski definition) is 1. The van der Waals surface area contributed by atoms with Crippen LogP contribution in [0.3, 0.4) is 0 Å². The molecule has 0 bridgehead atoms. The molecule has 0 aliphatic heterocycles. The van der Waals surface area contributed by atoms with Crippen LogP contribution in [0.4, 0.5) is 5.82 Å². The van der Waals surface area contributed by atoms with Gasteiger partial charge in [-0.25, -0.2) is 9.78 Å². The van der Waals surface area contributed by atoms with Crippen molar-refractivity contribution in [2.24, 2.45) is 5.92 Å². The van der Waals surface area contributed by atoms with Crippen molar-refractivity contribution in [2.75, 3.05) is 5.32 Å². The van der Waals surface area contributed by atoms with Crippen molar-refractivity contribution in [3.63, 3.8) is 0 Å². The van der Waals surface area contributed by atoms with Gasteiger partial charge < -0.3 is 14.6 Å². The first kappa shape index (κ1) is 24.7. The summed E-state index contributed by atoms with van der Waals surface area (Å²) < 4.78 is 28.9. The average Bonchev–Trinajstić information content (AvgIpc) is 3.54. The molecule has 1 aromatic carbocycles. The molecule has 1 saturated carbocycles. The minimum atomic E-state index is -2.23.